The van der Waals surface area contributed by atoms with E-state index in [2.05, 4.69) is 15.8 Å². The number of nitrogens with two attached hydrogens (primary N) is 1. The normalized spacial score (nSPS) is 13.0. The van der Waals surface area contributed by atoms with Crippen molar-refractivity contribution < 1.29 is 37.6 Å². The first-order valence-electron chi connectivity index (χ1n) is 16.1. The van der Waals surface area contributed by atoms with Crippen molar-refractivity contribution >= 4 is 40.4 Å². The molecule has 4 N–H and O–H groups in total. The molecule has 4 aromatic rings. The fraction of sp³-hybridized carbons (Fsp3) is 0.297. The highest BCUT2D eigenvalue weighted by atomic mass is 19.1. The first kappa shape index (κ1) is 37.0. The summed E-state index contributed by atoms with van der Waals surface area (Å²) < 4.78 is 23.8. The molecule has 3 aromatic carbocycles. The molecule has 0 aliphatic carbocycles. The maximum atomic E-state index is 14.4. The zero-order valence-corrected chi connectivity index (χ0v) is 28.1. The van der Waals surface area contributed by atoms with E-state index < -0.39 is 53.5 Å². The lowest BCUT2D eigenvalue weighted by Crippen LogP contribution is -2.56. The summed E-state index contributed by atoms with van der Waals surface area (Å²) >= 11 is 0. The largest absolute Gasteiger partial charge is 0.463 e. The van der Waals surface area contributed by atoms with Crippen molar-refractivity contribution in [2.45, 2.75) is 57.7 Å². The molecule has 12 nitrogen and oxygen atoms in total. The Morgan fingerprint density at radius 3 is 2.40 bits per heavy atom. The molecule has 1 aromatic heterocycles. The van der Waals surface area contributed by atoms with Crippen molar-refractivity contribution in [3.8, 4) is 0 Å². The van der Waals surface area contributed by atoms with Gasteiger partial charge in [-0.15, -0.1) is 0 Å². The first-order valence-corrected chi connectivity index (χ1v) is 16.1. The SMILES string of the molecule is CCOC(=O)/C=C/C(CCC(N)=O)NC(=O)C(Cc1ccc(F)cc1)N(C)C(=O)C(Cc1cccc2ccccc12)NC(=O)c1cc(C)on1. The number of rotatable bonds is 16. The third kappa shape index (κ3) is 10.3. The number of nitrogens with zero attached hydrogens (tertiary/aromatic N) is 2. The molecule has 4 rings (SSSR count). The van der Waals surface area contributed by atoms with Crippen LogP contribution in [-0.2, 0) is 36.8 Å². The Morgan fingerprint density at radius 1 is 1.00 bits per heavy atom. The Hall–Kier alpha value is -5.85. The number of ether oxygens (including phenoxy) is 1. The van der Waals surface area contributed by atoms with Gasteiger partial charge in [-0.25, -0.2) is 9.18 Å². The lowest BCUT2D eigenvalue weighted by molar-refractivity contribution is -0.140. The molecular weight excluding hydrogens is 645 g/mol. The maximum Gasteiger partial charge on any atom is 0.330 e. The van der Waals surface area contributed by atoms with E-state index in [0.29, 0.717) is 11.3 Å². The highest BCUT2D eigenvalue weighted by Crippen LogP contribution is 2.21. The van der Waals surface area contributed by atoms with Gasteiger partial charge in [0.15, 0.2) is 5.69 Å². The molecule has 0 aliphatic heterocycles. The minimum absolute atomic E-state index is 0.0212. The van der Waals surface area contributed by atoms with Gasteiger partial charge in [-0.1, -0.05) is 65.8 Å². The molecule has 0 radical (unpaired) electrons. The molecule has 0 bridgehead atoms. The number of hydrogen-bond donors (Lipinski definition) is 3. The van der Waals surface area contributed by atoms with E-state index in [-0.39, 0.29) is 38.0 Å². The Kier molecular flexibility index (Phi) is 13.0. The van der Waals surface area contributed by atoms with E-state index in [0.717, 1.165) is 22.4 Å². The Bertz CT molecular complexity index is 1850. The van der Waals surface area contributed by atoms with Crippen molar-refractivity contribution in [2.24, 2.45) is 5.73 Å². The van der Waals surface area contributed by atoms with Crippen LogP contribution in [0.2, 0.25) is 0 Å². The number of primary amides is 1. The monoisotopic (exact) mass is 685 g/mol. The highest BCUT2D eigenvalue weighted by Gasteiger charge is 2.34. The van der Waals surface area contributed by atoms with E-state index in [1.54, 1.807) is 13.8 Å². The standard InChI is InChI=1S/C37H40FN5O7/c1-4-49-34(45)19-17-28(16-18-33(39)44)40-36(47)32(21-24-12-14-27(38)15-13-24)43(3)37(48)31(41-35(46)30-20-23(2)50-42-30)22-26-10-7-9-25-8-5-6-11-29(25)26/h5-15,17,19-20,28,31-32H,4,16,18,21-22H2,1-3H3,(H2,39,44)(H,40,47)(H,41,46)/b19-17+. The summed E-state index contributed by atoms with van der Waals surface area (Å²) in [5.41, 5.74) is 6.66. The second-order valence-corrected chi connectivity index (χ2v) is 11.7. The lowest BCUT2D eigenvalue weighted by Gasteiger charge is -2.32. The van der Waals surface area contributed by atoms with Gasteiger partial charge < -0.3 is 30.5 Å². The van der Waals surface area contributed by atoms with Crippen LogP contribution in [0.25, 0.3) is 10.8 Å². The second kappa shape index (κ2) is 17.5. The van der Waals surface area contributed by atoms with Gasteiger partial charge in [-0.2, -0.15) is 0 Å². The predicted octanol–water partition coefficient (Wildman–Crippen LogP) is 3.56. The Balaban J connectivity index is 1.68. The summed E-state index contributed by atoms with van der Waals surface area (Å²) in [5, 5.41) is 11.2. The molecule has 4 amide bonds. The topological polar surface area (TPSA) is 174 Å². The van der Waals surface area contributed by atoms with Crippen LogP contribution >= 0.6 is 0 Å². The van der Waals surface area contributed by atoms with Crippen LogP contribution in [0.1, 0.15) is 47.1 Å². The van der Waals surface area contributed by atoms with Gasteiger partial charge in [0, 0.05) is 44.5 Å². The number of aromatic nitrogens is 1. The molecule has 0 aliphatic rings. The van der Waals surface area contributed by atoms with Crippen molar-refractivity contribution in [3.63, 3.8) is 0 Å². The second-order valence-electron chi connectivity index (χ2n) is 11.7. The predicted molar refractivity (Wildman–Crippen MR) is 183 cm³/mol. The van der Waals surface area contributed by atoms with Crippen molar-refractivity contribution in [1.29, 1.82) is 0 Å². The summed E-state index contributed by atoms with van der Waals surface area (Å²) in [6.07, 6.45) is 2.53. The van der Waals surface area contributed by atoms with E-state index in [1.807, 2.05) is 42.5 Å². The zero-order chi connectivity index (χ0) is 36.2. The molecule has 3 atom stereocenters. The molecule has 13 heteroatoms. The fourth-order valence-electron chi connectivity index (χ4n) is 5.42. The number of carbonyl (C=O) groups is 5. The lowest BCUT2D eigenvalue weighted by atomic mass is 9.97. The van der Waals surface area contributed by atoms with Gasteiger partial charge in [0.05, 0.1) is 6.61 Å². The van der Waals surface area contributed by atoms with E-state index in [9.17, 15) is 28.4 Å². The number of hydrogen-bond acceptors (Lipinski definition) is 8. The third-order valence-corrected chi connectivity index (χ3v) is 8.01. The molecule has 0 spiro atoms. The van der Waals surface area contributed by atoms with Crippen molar-refractivity contribution in [2.75, 3.05) is 13.7 Å². The average molecular weight is 686 g/mol. The average Bonchev–Trinajstić information content (AvgIpc) is 3.54. The van der Waals surface area contributed by atoms with E-state index in [1.165, 1.54) is 48.4 Å². The van der Waals surface area contributed by atoms with Crippen LogP contribution in [0.15, 0.2) is 89.5 Å². The zero-order valence-electron chi connectivity index (χ0n) is 28.1. The van der Waals surface area contributed by atoms with Gasteiger partial charge in [-0.05, 0) is 54.3 Å². The Morgan fingerprint density at radius 2 is 1.72 bits per heavy atom. The van der Waals surface area contributed by atoms with E-state index in [4.69, 9.17) is 15.0 Å². The number of amides is 4. The smallest absolute Gasteiger partial charge is 0.330 e. The van der Waals surface area contributed by atoms with Crippen molar-refractivity contribution in [3.05, 3.63) is 113 Å². The van der Waals surface area contributed by atoms with Gasteiger partial charge in [0.2, 0.25) is 17.7 Å². The minimum Gasteiger partial charge on any atom is -0.463 e. The summed E-state index contributed by atoms with van der Waals surface area (Å²) in [6, 6.07) is 17.0. The van der Waals surface area contributed by atoms with Crippen LogP contribution in [-0.4, -0.2) is 71.4 Å². The van der Waals surface area contributed by atoms with E-state index >= 15 is 0 Å². The molecule has 262 valence electrons. The van der Waals surface area contributed by atoms with Crippen LogP contribution in [0.5, 0.6) is 0 Å². The molecule has 3 unspecified atom stereocenters. The number of aryl methyl sites for hydroxylation is 1. The number of benzene rings is 3. The molecule has 1 heterocycles. The molecule has 0 fully saturated rings. The molecular formula is C37H40FN5O7. The summed E-state index contributed by atoms with van der Waals surface area (Å²) in [7, 11) is 1.44. The van der Waals surface area contributed by atoms with Gasteiger partial charge >= 0.3 is 5.97 Å². The summed E-state index contributed by atoms with van der Waals surface area (Å²) in [5.74, 6) is -3.20. The van der Waals surface area contributed by atoms with Gasteiger partial charge in [0.25, 0.3) is 5.91 Å². The van der Waals surface area contributed by atoms with Crippen LogP contribution in [0.4, 0.5) is 4.39 Å². The van der Waals surface area contributed by atoms with Crippen molar-refractivity contribution in [1.82, 2.24) is 20.7 Å². The quantitative estimate of drug-likeness (QED) is 0.119. The fourth-order valence-corrected chi connectivity index (χ4v) is 5.42. The first-order chi connectivity index (χ1) is 23.9. The van der Waals surface area contributed by atoms with Crippen LogP contribution in [0, 0.1) is 12.7 Å². The van der Waals surface area contributed by atoms with Gasteiger partial charge in [-0.3, -0.25) is 19.2 Å². The molecule has 0 saturated carbocycles. The van der Waals surface area contributed by atoms with Gasteiger partial charge in [0.1, 0.15) is 23.7 Å². The highest BCUT2D eigenvalue weighted by molar-refractivity contribution is 5.98. The molecule has 0 saturated heterocycles. The van der Waals surface area contributed by atoms with Crippen LogP contribution < -0.4 is 16.4 Å². The number of likely N-dealkylation sites (N-methyl/N-ethyl adjacent to an activating group) is 1. The summed E-state index contributed by atoms with van der Waals surface area (Å²) in [6.45, 7) is 3.42. The number of halogens is 1. The summed E-state index contributed by atoms with van der Waals surface area (Å²) in [4.78, 5) is 66.6. The Labute approximate surface area is 288 Å². The number of esters is 1. The third-order valence-electron chi connectivity index (χ3n) is 8.01. The molecule has 50 heavy (non-hydrogen) atoms. The minimum atomic E-state index is -1.18. The number of nitrogens with one attached hydrogen (secondary N) is 2. The number of carbonyl (C=O) groups excluding carboxylic acids is 5. The maximum absolute atomic E-state index is 14.4. The number of fused-ring (bicyclic) bond motifs is 1. The van der Waals surface area contributed by atoms with Crippen LogP contribution in [0.3, 0.4) is 0 Å².